The van der Waals surface area contributed by atoms with E-state index in [2.05, 4.69) is 9.82 Å². The minimum absolute atomic E-state index is 0.0525. The predicted octanol–water partition coefficient (Wildman–Crippen LogP) is 1.78. The van der Waals surface area contributed by atoms with Crippen LogP contribution in [0.1, 0.15) is 17.5 Å². The van der Waals surface area contributed by atoms with E-state index >= 15 is 0 Å². The first-order chi connectivity index (χ1) is 10.8. The highest BCUT2D eigenvalue weighted by Crippen LogP contribution is 2.25. The van der Waals surface area contributed by atoms with Crippen molar-refractivity contribution in [3.8, 4) is 0 Å². The van der Waals surface area contributed by atoms with E-state index < -0.39 is 14.9 Å². The average molecular weight is 338 g/mol. The van der Waals surface area contributed by atoms with Gasteiger partial charge in [-0.1, -0.05) is 0 Å². The normalized spacial score (nSPS) is 11.6. The van der Waals surface area contributed by atoms with Crippen LogP contribution in [0.2, 0.25) is 0 Å². The molecule has 0 saturated heterocycles. The molecule has 0 saturated carbocycles. The zero-order valence-corrected chi connectivity index (χ0v) is 13.7. The van der Waals surface area contributed by atoms with Gasteiger partial charge in [-0.25, -0.2) is 13.1 Å². The lowest BCUT2D eigenvalue weighted by Gasteiger charge is -2.11. The van der Waals surface area contributed by atoms with Gasteiger partial charge >= 0.3 is 0 Å². The predicted molar refractivity (Wildman–Crippen MR) is 84.6 cm³/mol. The Balaban J connectivity index is 2.11. The van der Waals surface area contributed by atoms with E-state index in [-0.39, 0.29) is 17.1 Å². The zero-order chi connectivity index (χ0) is 17.0. The van der Waals surface area contributed by atoms with Gasteiger partial charge in [-0.05, 0) is 37.5 Å². The van der Waals surface area contributed by atoms with Crippen LogP contribution in [-0.4, -0.2) is 29.7 Å². The van der Waals surface area contributed by atoms with Crippen LogP contribution in [0.25, 0.3) is 0 Å². The van der Waals surface area contributed by atoms with Crippen LogP contribution < -0.4 is 4.72 Å². The second-order valence-electron chi connectivity index (χ2n) is 5.16. The van der Waals surface area contributed by atoms with Crippen molar-refractivity contribution in [3.63, 3.8) is 0 Å². The molecule has 1 aromatic carbocycles. The Labute approximate surface area is 134 Å². The van der Waals surface area contributed by atoms with Gasteiger partial charge in [0.05, 0.1) is 9.82 Å². The number of hydrogen-bond acceptors (Lipinski definition) is 5. The Morgan fingerprint density at radius 2 is 2.09 bits per heavy atom. The third-order valence-electron chi connectivity index (χ3n) is 3.52. The highest BCUT2D eigenvalue weighted by Gasteiger charge is 2.21. The van der Waals surface area contributed by atoms with E-state index in [1.54, 1.807) is 37.0 Å². The monoisotopic (exact) mass is 338 g/mol. The van der Waals surface area contributed by atoms with Crippen LogP contribution in [0.3, 0.4) is 0 Å². The minimum Gasteiger partial charge on any atom is -0.273 e. The Kier molecular flexibility index (Phi) is 5.12. The van der Waals surface area contributed by atoms with E-state index in [4.69, 9.17) is 0 Å². The third-order valence-corrected chi connectivity index (χ3v) is 5.11. The first-order valence-corrected chi connectivity index (χ1v) is 8.52. The molecule has 124 valence electrons. The summed E-state index contributed by atoms with van der Waals surface area (Å²) in [6.07, 6.45) is 4.01. The molecule has 0 aliphatic heterocycles. The number of aryl methyl sites for hydroxylation is 2. The summed E-state index contributed by atoms with van der Waals surface area (Å²) >= 11 is 0. The molecule has 0 fully saturated rings. The van der Waals surface area contributed by atoms with Gasteiger partial charge in [0.2, 0.25) is 10.0 Å². The van der Waals surface area contributed by atoms with Crippen molar-refractivity contribution < 1.29 is 13.3 Å². The molecule has 9 heteroatoms. The minimum atomic E-state index is -3.79. The molecule has 2 aromatic rings. The number of benzene rings is 1. The van der Waals surface area contributed by atoms with Crippen LogP contribution in [0.15, 0.2) is 35.5 Å². The van der Waals surface area contributed by atoms with Gasteiger partial charge in [-0.3, -0.25) is 14.8 Å². The van der Waals surface area contributed by atoms with Crippen molar-refractivity contribution in [1.29, 1.82) is 0 Å². The third kappa shape index (κ3) is 4.14. The first-order valence-electron chi connectivity index (χ1n) is 7.04. The summed E-state index contributed by atoms with van der Waals surface area (Å²) < 4.78 is 29.0. The smallest absolute Gasteiger partial charge is 0.271 e. The van der Waals surface area contributed by atoms with Gasteiger partial charge in [0.15, 0.2) is 0 Å². The fourth-order valence-corrected chi connectivity index (χ4v) is 3.56. The fourth-order valence-electron chi connectivity index (χ4n) is 2.15. The standard InChI is InChI=1S/C14H18N4O4S/c1-11-9-13(18(19)20)10-14(12(11)2)23(21,22)16-6-4-8-17-7-3-5-15-17/h3,5,7,9-10,16H,4,6,8H2,1-2H3. The molecule has 8 nitrogen and oxygen atoms in total. The van der Waals surface area contributed by atoms with E-state index in [1.807, 2.05) is 0 Å². The van der Waals surface area contributed by atoms with Crippen LogP contribution in [0.5, 0.6) is 0 Å². The number of rotatable bonds is 7. The number of aromatic nitrogens is 2. The maximum Gasteiger partial charge on any atom is 0.271 e. The molecule has 2 rings (SSSR count). The summed E-state index contributed by atoms with van der Waals surface area (Å²) in [5.41, 5.74) is 0.844. The maximum atomic E-state index is 12.4. The Bertz CT molecular complexity index is 800. The topological polar surface area (TPSA) is 107 Å². The molecular formula is C14H18N4O4S. The molecule has 0 aliphatic rings. The molecule has 0 atom stereocenters. The van der Waals surface area contributed by atoms with E-state index in [9.17, 15) is 18.5 Å². The summed E-state index contributed by atoms with van der Waals surface area (Å²) in [7, 11) is -3.79. The van der Waals surface area contributed by atoms with Crippen LogP contribution in [-0.2, 0) is 16.6 Å². The SMILES string of the molecule is Cc1cc([N+](=O)[O-])cc(S(=O)(=O)NCCCn2cccn2)c1C. The lowest BCUT2D eigenvalue weighted by atomic mass is 10.1. The highest BCUT2D eigenvalue weighted by molar-refractivity contribution is 7.89. The number of non-ortho nitro benzene ring substituents is 1. The van der Waals surface area contributed by atoms with E-state index in [0.29, 0.717) is 24.1 Å². The van der Waals surface area contributed by atoms with Crippen molar-refractivity contribution >= 4 is 15.7 Å². The van der Waals surface area contributed by atoms with Crippen LogP contribution in [0, 0.1) is 24.0 Å². The van der Waals surface area contributed by atoms with Gasteiger partial charge in [0.25, 0.3) is 5.69 Å². The quantitative estimate of drug-likeness (QED) is 0.470. The van der Waals surface area contributed by atoms with Gasteiger partial charge < -0.3 is 0 Å². The molecule has 1 N–H and O–H groups in total. The van der Waals surface area contributed by atoms with Gasteiger partial charge in [-0.15, -0.1) is 0 Å². The Hall–Kier alpha value is -2.26. The summed E-state index contributed by atoms with van der Waals surface area (Å²) in [5.74, 6) is 0. The molecule has 0 amide bonds. The van der Waals surface area contributed by atoms with Crippen molar-refractivity contribution in [1.82, 2.24) is 14.5 Å². The van der Waals surface area contributed by atoms with Crippen molar-refractivity contribution in [2.24, 2.45) is 0 Å². The van der Waals surface area contributed by atoms with Gasteiger partial charge in [-0.2, -0.15) is 5.10 Å². The van der Waals surface area contributed by atoms with Crippen molar-refractivity contribution in [2.45, 2.75) is 31.7 Å². The summed E-state index contributed by atoms with van der Waals surface area (Å²) in [6, 6.07) is 4.25. The molecule has 0 bridgehead atoms. The van der Waals surface area contributed by atoms with Crippen molar-refractivity contribution in [2.75, 3.05) is 6.54 Å². The van der Waals surface area contributed by atoms with Gasteiger partial charge in [0, 0.05) is 37.6 Å². The number of nitro groups is 1. The number of nitrogens with zero attached hydrogens (tertiary/aromatic N) is 3. The summed E-state index contributed by atoms with van der Waals surface area (Å²) in [5, 5.41) is 14.9. The second-order valence-corrected chi connectivity index (χ2v) is 6.90. The average Bonchev–Trinajstić information content (AvgIpc) is 2.99. The molecule has 1 aromatic heterocycles. The van der Waals surface area contributed by atoms with Gasteiger partial charge in [0.1, 0.15) is 0 Å². The number of nitrogens with one attached hydrogen (secondary N) is 1. The molecular weight excluding hydrogens is 320 g/mol. The summed E-state index contributed by atoms with van der Waals surface area (Å²) in [4.78, 5) is 10.3. The second kappa shape index (κ2) is 6.88. The molecule has 1 heterocycles. The lowest BCUT2D eigenvalue weighted by molar-refractivity contribution is -0.385. The number of hydrogen-bond donors (Lipinski definition) is 1. The molecule has 0 radical (unpaired) electrons. The van der Waals surface area contributed by atoms with E-state index in [1.165, 1.54) is 6.07 Å². The molecule has 0 spiro atoms. The highest BCUT2D eigenvalue weighted by atomic mass is 32.2. The van der Waals surface area contributed by atoms with E-state index in [0.717, 1.165) is 6.07 Å². The fraction of sp³-hybridized carbons (Fsp3) is 0.357. The Morgan fingerprint density at radius 3 is 2.70 bits per heavy atom. The molecule has 0 aliphatic carbocycles. The maximum absolute atomic E-state index is 12.4. The first kappa shape index (κ1) is 17.1. The van der Waals surface area contributed by atoms with Crippen LogP contribution >= 0.6 is 0 Å². The van der Waals surface area contributed by atoms with Crippen LogP contribution in [0.4, 0.5) is 5.69 Å². The summed E-state index contributed by atoms with van der Waals surface area (Å²) in [6.45, 7) is 4.10. The Morgan fingerprint density at radius 1 is 1.35 bits per heavy atom. The lowest BCUT2D eigenvalue weighted by Crippen LogP contribution is -2.26. The number of nitro benzene ring substituents is 1. The largest absolute Gasteiger partial charge is 0.273 e. The molecule has 0 unspecified atom stereocenters. The van der Waals surface area contributed by atoms with Crippen molar-refractivity contribution in [3.05, 3.63) is 51.8 Å². The number of sulfonamides is 1. The zero-order valence-electron chi connectivity index (χ0n) is 12.9. The molecule has 23 heavy (non-hydrogen) atoms.